The summed E-state index contributed by atoms with van der Waals surface area (Å²) in [5, 5.41) is 1.90. The van der Waals surface area contributed by atoms with E-state index in [1.165, 1.54) is 33.4 Å². The van der Waals surface area contributed by atoms with E-state index in [1.807, 2.05) is 36.4 Å². The molecule has 0 fully saturated rings. The van der Waals surface area contributed by atoms with E-state index < -0.39 is 5.41 Å². The van der Waals surface area contributed by atoms with Crippen LogP contribution in [-0.4, -0.2) is 11.6 Å². The second kappa shape index (κ2) is 10.8. The average molecular weight is 670 g/mol. The fourth-order valence-electron chi connectivity index (χ4n) is 8.91. The lowest BCUT2D eigenvalue weighted by Gasteiger charge is -2.45. The highest BCUT2D eigenvalue weighted by Crippen LogP contribution is 2.63. The van der Waals surface area contributed by atoms with Gasteiger partial charge in [0.1, 0.15) is 0 Å². The molecule has 0 N–H and O–H groups in total. The number of hydrogen-bond donors (Lipinski definition) is 0. The number of fused-ring (bicyclic) bond motifs is 11. The first kappa shape index (κ1) is 30.5. The van der Waals surface area contributed by atoms with E-state index in [2.05, 4.69) is 141 Å². The summed E-state index contributed by atoms with van der Waals surface area (Å²) < 4.78 is 0. The van der Waals surface area contributed by atoms with E-state index in [1.54, 1.807) is 6.08 Å². The van der Waals surface area contributed by atoms with Crippen LogP contribution in [0.25, 0.3) is 28.0 Å². The van der Waals surface area contributed by atoms with Gasteiger partial charge in [-0.25, -0.2) is 0 Å². The van der Waals surface area contributed by atoms with Crippen molar-refractivity contribution in [1.29, 1.82) is 0 Å². The van der Waals surface area contributed by atoms with Crippen molar-refractivity contribution in [3.8, 4) is 11.1 Å². The van der Waals surface area contributed by atoms with Gasteiger partial charge in [-0.15, -0.1) is 0 Å². The molecule has 1 aliphatic heterocycles. The number of Topliss-reactive ketones (excluding diaryl/α,β-unsaturated/α-hetero) is 2. The van der Waals surface area contributed by atoms with Crippen LogP contribution in [0.3, 0.4) is 0 Å². The maximum Gasteiger partial charge on any atom is 0.197 e. The van der Waals surface area contributed by atoms with Gasteiger partial charge in [-0.05, 0) is 109 Å². The van der Waals surface area contributed by atoms with Crippen molar-refractivity contribution < 1.29 is 9.59 Å². The minimum Gasteiger partial charge on any atom is -0.310 e. The van der Waals surface area contributed by atoms with E-state index in [0.717, 1.165) is 39.0 Å². The lowest BCUT2D eigenvalue weighted by atomic mass is 9.64. The second-order valence-corrected chi connectivity index (χ2v) is 15.2. The van der Waals surface area contributed by atoms with E-state index in [-0.39, 0.29) is 22.6 Å². The highest BCUT2D eigenvalue weighted by Gasteiger charge is 2.51. The number of nitrogens with zero attached hydrogens (tertiary/aromatic N) is 1. The van der Waals surface area contributed by atoms with Crippen molar-refractivity contribution in [2.45, 2.75) is 31.6 Å². The molecule has 2 aliphatic carbocycles. The molecule has 1 heterocycles. The maximum atomic E-state index is 13.9. The van der Waals surface area contributed by atoms with Gasteiger partial charge >= 0.3 is 0 Å². The molecule has 0 saturated carbocycles. The van der Waals surface area contributed by atoms with E-state index in [4.69, 9.17) is 0 Å². The number of carbonyl (C=O) groups excluding carboxylic acids is 2. The Bertz CT molecular complexity index is 2600. The monoisotopic (exact) mass is 669 g/mol. The molecular weight excluding hydrogens is 635 g/mol. The number of allylic oxidation sites excluding steroid dienone is 1. The molecule has 0 unspecified atom stereocenters. The molecule has 0 radical (unpaired) electrons. The van der Waals surface area contributed by atoms with Crippen LogP contribution in [0.1, 0.15) is 74.9 Å². The normalized spacial score (nSPS) is 15.0. The number of para-hydroxylation sites is 1. The summed E-state index contributed by atoms with van der Waals surface area (Å²) in [6, 6.07) is 53.2. The number of carbonyl (C=O) groups is 2. The SMILES string of the molecule is CC(C)(C)c1ccc(N2c3ccccc3C3(c4ccccc4-c4ccccc43)c3cc(C=C4C(=O)c5cc6ccccc6cc5C4=O)ccc32)cc1. The van der Waals surface area contributed by atoms with Gasteiger partial charge in [-0.3, -0.25) is 9.59 Å². The van der Waals surface area contributed by atoms with Crippen molar-refractivity contribution in [2.24, 2.45) is 0 Å². The molecule has 0 atom stereocenters. The Balaban J connectivity index is 1.23. The number of anilines is 3. The van der Waals surface area contributed by atoms with Crippen LogP contribution < -0.4 is 4.90 Å². The van der Waals surface area contributed by atoms with Gasteiger partial charge < -0.3 is 4.90 Å². The largest absolute Gasteiger partial charge is 0.310 e. The quantitative estimate of drug-likeness (QED) is 0.136. The molecule has 7 aromatic rings. The molecule has 3 aliphatic rings. The number of rotatable bonds is 2. The van der Waals surface area contributed by atoms with Gasteiger partial charge in [-0.2, -0.15) is 0 Å². The molecule has 248 valence electrons. The van der Waals surface area contributed by atoms with Crippen LogP contribution in [-0.2, 0) is 10.8 Å². The lowest BCUT2D eigenvalue weighted by molar-refractivity contribution is 0.0990. The van der Waals surface area contributed by atoms with Gasteiger partial charge in [-0.1, -0.05) is 130 Å². The first-order chi connectivity index (χ1) is 25.2. The van der Waals surface area contributed by atoms with Gasteiger partial charge in [0, 0.05) is 16.8 Å². The van der Waals surface area contributed by atoms with E-state index in [0.29, 0.717) is 11.1 Å². The minimum atomic E-state index is -0.625. The zero-order valence-corrected chi connectivity index (χ0v) is 29.3. The van der Waals surface area contributed by atoms with E-state index >= 15 is 0 Å². The van der Waals surface area contributed by atoms with Crippen LogP contribution in [0.2, 0.25) is 0 Å². The second-order valence-electron chi connectivity index (χ2n) is 15.2. The van der Waals surface area contributed by atoms with Crippen molar-refractivity contribution in [3.63, 3.8) is 0 Å². The van der Waals surface area contributed by atoms with Gasteiger partial charge in [0.05, 0.1) is 22.4 Å². The highest BCUT2D eigenvalue weighted by molar-refractivity contribution is 6.42. The number of hydrogen-bond acceptors (Lipinski definition) is 3. The number of benzene rings is 7. The molecule has 10 rings (SSSR count). The Morgan fingerprint density at radius 2 is 1.02 bits per heavy atom. The molecule has 1 spiro atoms. The summed E-state index contributed by atoms with van der Waals surface area (Å²) in [6.45, 7) is 6.72. The van der Waals surface area contributed by atoms with Gasteiger partial charge in [0.15, 0.2) is 11.6 Å². The Morgan fingerprint density at radius 3 is 1.62 bits per heavy atom. The van der Waals surface area contributed by atoms with Crippen molar-refractivity contribution in [1.82, 2.24) is 0 Å². The zero-order valence-electron chi connectivity index (χ0n) is 29.3. The predicted molar refractivity (Wildman–Crippen MR) is 211 cm³/mol. The summed E-state index contributed by atoms with van der Waals surface area (Å²) in [4.78, 5) is 30.2. The van der Waals surface area contributed by atoms with Crippen LogP contribution in [0.5, 0.6) is 0 Å². The highest BCUT2D eigenvalue weighted by atomic mass is 16.2. The van der Waals surface area contributed by atoms with Gasteiger partial charge in [0.25, 0.3) is 0 Å². The third-order valence-electron chi connectivity index (χ3n) is 11.3. The summed E-state index contributed by atoms with van der Waals surface area (Å²) in [5.41, 5.74) is 13.1. The van der Waals surface area contributed by atoms with Crippen molar-refractivity contribution in [3.05, 3.63) is 202 Å². The fourth-order valence-corrected chi connectivity index (χ4v) is 8.91. The average Bonchev–Trinajstić information content (AvgIpc) is 3.58. The molecule has 0 saturated heterocycles. The fraction of sp³-hybridized carbons (Fsp3) is 0.102. The zero-order chi connectivity index (χ0) is 35.4. The summed E-state index contributed by atoms with van der Waals surface area (Å²) >= 11 is 0. The third kappa shape index (κ3) is 4.14. The third-order valence-corrected chi connectivity index (χ3v) is 11.3. The smallest absolute Gasteiger partial charge is 0.197 e. The van der Waals surface area contributed by atoms with Crippen molar-refractivity contribution >= 4 is 45.5 Å². The summed E-state index contributed by atoms with van der Waals surface area (Å²) in [6.07, 6.45) is 1.80. The first-order valence-electron chi connectivity index (χ1n) is 17.9. The standard InChI is InChI=1S/C49H35NO2/c1-48(2,3)33-21-23-34(24-22-33)50-44-19-11-10-18-42(44)49(40-16-8-6-14-35(40)36-15-7-9-17-41(36)49)43-27-30(20-25-45(43)50)26-39-46(51)37-28-31-12-4-5-13-32(31)29-38(37)47(39)52/h4-29H,1-3H3. The van der Waals surface area contributed by atoms with Gasteiger partial charge in [0.2, 0.25) is 0 Å². The molecule has 7 aromatic carbocycles. The summed E-state index contributed by atoms with van der Waals surface area (Å²) in [5.74, 6) is -0.443. The Labute approximate surface area is 303 Å². The predicted octanol–water partition coefficient (Wildman–Crippen LogP) is 11.7. The molecule has 0 bridgehead atoms. The molecule has 3 heteroatoms. The number of ketones is 2. The minimum absolute atomic E-state index is 0.0292. The molecular formula is C49H35NO2. The maximum absolute atomic E-state index is 13.9. The van der Waals surface area contributed by atoms with Crippen molar-refractivity contribution in [2.75, 3.05) is 4.90 Å². The van der Waals surface area contributed by atoms with E-state index in [9.17, 15) is 9.59 Å². The first-order valence-corrected chi connectivity index (χ1v) is 17.9. The lowest BCUT2D eigenvalue weighted by Crippen LogP contribution is -2.36. The molecule has 0 aromatic heterocycles. The molecule has 52 heavy (non-hydrogen) atoms. The Hall–Kier alpha value is -6.32. The van der Waals surface area contributed by atoms with Crippen LogP contribution in [0.15, 0.2) is 157 Å². The Kier molecular flexibility index (Phi) is 6.36. The molecule has 0 amide bonds. The topological polar surface area (TPSA) is 37.4 Å². The van der Waals surface area contributed by atoms with Crippen LogP contribution in [0.4, 0.5) is 17.1 Å². The molecule has 3 nitrogen and oxygen atoms in total. The Morgan fingerprint density at radius 1 is 0.500 bits per heavy atom. The van der Waals surface area contributed by atoms with Crippen LogP contribution >= 0.6 is 0 Å². The van der Waals surface area contributed by atoms with Crippen LogP contribution in [0, 0.1) is 0 Å². The summed E-state index contributed by atoms with van der Waals surface area (Å²) in [7, 11) is 0.